The number of aryl methyl sites for hydroxylation is 2. The Kier molecular flexibility index (Phi) is 6.50. The summed E-state index contributed by atoms with van der Waals surface area (Å²) in [5.41, 5.74) is 4.02. The van der Waals surface area contributed by atoms with E-state index in [2.05, 4.69) is 4.98 Å². The second kappa shape index (κ2) is 9.93. The molecule has 5 rings (SSSR count). The lowest BCUT2D eigenvalue weighted by Gasteiger charge is -2.35. The second-order valence-electron chi connectivity index (χ2n) is 9.39. The lowest BCUT2D eigenvalue weighted by Crippen LogP contribution is -2.50. The lowest BCUT2D eigenvalue weighted by molar-refractivity contribution is -0.385. The van der Waals surface area contributed by atoms with Gasteiger partial charge in [0.25, 0.3) is 5.69 Å². The molecule has 0 aliphatic carbocycles. The van der Waals surface area contributed by atoms with E-state index in [1.54, 1.807) is 26.0 Å². The van der Waals surface area contributed by atoms with Crippen LogP contribution in [0.2, 0.25) is 0 Å². The molecular weight excluding hydrogens is 484 g/mol. The number of carbonyl (C=O) groups is 2. The van der Waals surface area contributed by atoms with E-state index in [0.29, 0.717) is 28.5 Å². The Balaban J connectivity index is 1.56. The fourth-order valence-electron chi connectivity index (χ4n) is 5.25. The first-order valence-electron chi connectivity index (χ1n) is 12.2. The van der Waals surface area contributed by atoms with Gasteiger partial charge in [0.1, 0.15) is 11.9 Å². The van der Waals surface area contributed by atoms with Crippen molar-refractivity contribution >= 4 is 17.6 Å². The van der Waals surface area contributed by atoms with Crippen LogP contribution in [0.25, 0.3) is 5.69 Å². The Labute approximate surface area is 219 Å². The number of amides is 1. The second-order valence-corrected chi connectivity index (χ2v) is 9.39. The van der Waals surface area contributed by atoms with Gasteiger partial charge in [0, 0.05) is 23.7 Å². The number of nitro benzene ring substituents is 1. The van der Waals surface area contributed by atoms with Crippen LogP contribution in [0.3, 0.4) is 0 Å². The van der Waals surface area contributed by atoms with E-state index in [1.165, 1.54) is 11.0 Å². The van der Waals surface area contributed by atoms with Crippen LogP contribution in [-0.2, 0) is 22.6 Å². The van der Waals surface area contributed by atoms with Crippen molar-refractivity contribution < 1.29 is 19.6 Å². The zero-order chi connectivity index (χ0) is 27.0. The Bertz CT molecular complexity index is 1490. The average Bonchev–Trinajstić information content (AvgIpc) is 3.23. The van der Waals surface area contributed by atoms with Gasteiger partial charge in [-0.2, -0.15) is 0 Å². The number of rotatable bonds is 6. The summed E-state index contributed by atoms with van der Waals surface area (Å²) in [5.74, 6) is -1.46. The maximum Gasteiger partial charge on any atom is 0.326 e. The summed E-state index contributed by atoms with van der Waals surface area (Å²) in [6, 6.07) is 22.3. The molecule has 4 aromatic rings. The molecule has 3 aromatic carbocycles. The standard InChI is InChI=1S/C29H26N4O5/c1-18-15-22(13-14-24(18)33(37)38)32-19(2)30-23-17-31(26(29(35)36)16-25(23)32)28(34)27(20-9-5-3-6-10-20)21-11-7-4-8-12-21/h3-15,26-27H,16-17H2,1-2H3,(H,35,36)/t26-/m0/s1. The number of hydrogen-bond donors (Lipinski definition) is 1. The summed E-state index contributed by atoms with van der Waals surface area (Å²) in [4.78, 5) is 43.5. The third-order valence-corrected chi connectivity index (χ3v) is 7.02. The smallest absolute Gasteiger partial charge is 0.326 e. The number of benzene rings is 3. The van der Waals surface area contributed by atoms with Crippen molar-refractivity contribution in [2.24, 2.45) is 0 Å². The number of carboxylic acid groups (broad SMARTS) is 1. The van der Waals surface area contributed by atoms with Crippen molar-refractivity contribution in [1.29, 1.82) is 0 Å². The largest absolute Gasteiger partial charge is 0.480 e. The van der Waals surface area contributed by atoms with Gasteiger partial charge in [-0.25, -0.2) is 9.78 Å². The topological polar surface area (TPSA) is 119 Å². The van der Waals surface area contributed by atoms with Gasteiger partial charge in [0.05, 0.1) is 28.8 Å². The van der Waals surface area contributed by atoms with Crippen molar-refractivity contribution in [3.8, 4) is 5.69 Å². The van der Waals surface area contributed by atoms with Crippen molar-refractivity contribution in [2.45, 2.75) is 38.8 Å². The molecule has 1 amide bonds. The number of carboxylic acids is 1. The number of fused-ring (bicyclic) bond motifs is 1. The van der Waals surface area contributed by atoms with Crippen molar-refractivity contribution in [1.82, 2.24) is 14.5 Å². The Morgan fingerprint density at radius 3 is 2.13 bits per heavy atom. The minimum absolute atomic E-state index is 0.00781. The Morgan fingerprint density at radius 2 is 1.61 bits per heavy atom. The molecule has 0 fully saturated rings. The van der Waals surface area contributed by atoms with E-state index in [1.807, 2.05) is 65.2 Å². The lowest BCUT2D eigenvalue weighted by atomic mass is 9.88. The van der Waals surface area contributed by atoms with Gasteiger partial charge in [0.15, 0.2) is 0 Å². The fraction of sp³-hybridized carbons (Fsp3) is 0.207. The van der Waals surface area contributed by atoms with E-state index in [-0.39, 0.29) is 24.6 Å². The first-order chi connectivity index (χ1) is 18.3. The number of hydrogen-bond acceptors (Lipinski definition) is 5. The van der Waals surface area contributed by atoms with Crippen molar-refractivity contribution in [2.75, 3.05) is 0 Å². The highest BCUT2D eigenvalue weighted by Gasteiger charge is 2.40. The number of nitro groups is 1. The normalized spacial score (nSPS) is 14.8. The molecule has 192 valence electrons. The number of aliphatic carboxylic acids is 1. The van der Waals surface area contributed by atoms with Crippen LogP contribution in [0.5, 0.6) is 0 Å². The molecule has 9 nitrogen and oxygen atoms in total. The molecule has 1 N–H and O–H groups in total. The number of aromatic nitrogens is 2. The molecule has 0 bridgehead atoms. The predicted octanol–water partition coefficient (Wildman–Crippen LogP) is 4.57. The molecule has 0 saturated heterocycles. The monoisotopic (exact) mass is 510 g/mol. The van der Waals surface area contributed by atoms with Crippen LogP contribution in [-0.4, -0.2) is 42.4 Å². The molecule has 1 atom stereocenters. The molecule has 0 radical (unpaired) electrons. The number of carbonyl (C=O) groups excluding carboxylic acids is 1. The Hall–Kier alpha value is -4.79. The van der Waals surface area contributed by atoms with Crippen LogP contribution in [0.1, 0.15) is 39.8 Å². The van der Waals surface area contributed by atoms with Crippen LogP contribution in [0.4, 0.5) is 5.69 Å². The number of imidazole rings is 1. The third kappa shape index (κ3) is 4.43. The van der Waals surface area contributed by atoms with Gasteiger partial charge in [-0.15, -0.1) is 0 Å². The molecule has 9 heteroatoms. The minimum Gasteiger partial charge on any atom is -0.480 e. The number of nitrogens with zero attached hydrogens (tertiary/aromatic N) is 4. The average molecular weight is 511 g/mol. The third-order valence-electron chi connectivity index (χ3n) is 7.02. The van der Waals surface area contributed by atoms with Crippen LogP contribution >= 0.6 is 0 Å². The first kappa shape index (κ1) is 24.9. The van der Waals surface area contributed by atoms with Gasteiger partial charge >= 0.3 is 5.97 Å². The van der Waals surface area contributed by atoms with Gasteiger partial charge in [0.2, 0.25) is 5.91 Å². The quantitative estimate of drug-likeness (QED) is 0.300. The van der Waals surface area contributed by atoms with E-state index in [0.717, 1.165) is 11.1 Å². The summed E-state index contributed by atoms with van der Waals surface area (Å²) in [7, 11) is 0. The van der Waals surface area contributed by atoms with Gasteiger partial charge in [-0.3, -0.25) is 14.9 Å². The summed E-state index contributed by atoms with van der Waals surface area (Å²) >= 11 is 0. The summed E-state index contributed by atoms with van der Waals surface area (Å²) < 4.78 is 1.83. The zero-order valence-corrected chi connectivity index (χ0v) is 20.9. The molecule has 2 heterocycles. The molecule has 1 aromatic heterocycles. The molecule has 38 heavy (non-hydrogen) atoms. The van der Waals surface area contributed by atoms with Crippen LogP contribution in [0, 0.1) is 24.0 Å². The van der Waals surface area contributed by atoms with Crippen molar-refractivity contribution in [3.63, 3.8) is 0 Å². The highest BCUT2D eigenvalue weighted by Crippen LogP contribution is 2.33. The fourth-order valence-corrected chi connectivity index (χ4v) is 5.25. The van der Waals surface area contributed by atoms with E-state index >= 15 is 0 Å². The maximum absolute atomic E-state index is 14.1. The van der Waals surface area contributed by atoms with Gasteiger partial charge in [-0.1, -0.05) is 60.7 Å². The first-order valence-corrected chi connectivity index (χ1v) is 12.2. The van der Waals surface area contributed by atoms with Gasteiger partial charge in [-0.05, 0) is 37.1 Å². The van der Waals surface area contributed by atoms with Crippen LogP contribution < -0.4 is 0 Å². The molecular formula is C29H26N4O5. The zero-order valence-electron chi connectivity index (χ0n) is 20.9. The molecule has 0 unspecified atom stereocenters. The summed E-state index contributed by atoms with van der Waals surface area (Å²) in [6.07, 6.45) is 0.0591. The molecule has 1 aliphatic rings. The molecule has 0 spiro atoms. The minimum atomic E-state index is -1.10. The predicted molar refractivity (Wildman–Crippen MR) is 140 cm³/mol. The highest BCUT2D eigenvalue weighted by atomic mass is 16.6. The van der Waals surface area contributed by atoms with E-state index in [9.17, 15) is 24.8 Å². The summed E-state index contributed by atoms with van der Waals surface area (Å²) in [5, 5.41) is 21.5. The molecule has 1 aliphatic heterocycles. The van der Waals surface area contributed by atoms with E-state index in [4.69, 9.17) is 0 Å². The SMILES string of the molecule is Cc1cc(-n2c(C)nc3c2C[C@@H](C(=O)O)N(C(=O)C(c2ccccc2)c2ccccc2)C3)ccc1[N+](=O)[O-]. The van der Waals surface area contributed by atoms with Crippen LogP contribution in [0.15, 0.2) is 78.9 Å². The van der Waals surface area contributed by atoms with Gasteiger partial charge < -0.3 is 14.6 Å². The molecule has 0 saturated carbocycles. The summed E-state index contributed by atoms with van der Waals surface area (Å²) in [6.45, 7) is 3.50. The Morgan fingerprint density at radius 1 is 1.00 bits per heavy atom. The van der Waals surface area contributed by atoms with Crippen molar-refractivity contribution in [3.05, 3.63) is 123 Å². The highest BCUT2D eigenvalue weighted by molar-refractivity contribution is 5.91. The van der Waals surface area contributed by atoms with E-state index < -0.39 is 22.9 Å². The maximum atomic E-state index is 14.1.